The van der Waals surface area contributed by atoms with Crippen LogP contribution in [0.25, 0.3) is 21.3 Å². The number of hydrogen-bond acceptors (Lipinski definition) is 6. The van der Waals surface area contributed by atoms with Crippen LogP contribution in [0.5, 0.6) is 0 Å². The molecule has 3 heterocycles. The first-order valence-corrected chi connectivity index (χ1v) is 10.8. The van der Waals surface area contributed by atoms with Gasteiger partial charge in [0.2, 0.25) is 0 Å². The lowest BCUT2D eigenvalue weighted by atomic mass is 10.1. The molecule has 4 rings (SSSR count). The minimum atomic E-state index is -4.36. The van der Waals surface area contributed by atoms with Crippen molar-refractivity contribution in [2.75, 3.05) is 0 Å². The molecule has 0 unspecified atom stereocenters. The van der Waals surface area contributed by atoms with Gasteiger partial charge >= 0.3 is 6.18 Å². The summed E-state index contributed by atoms with van der Waals surface area (Å²) in [7, 11) is 1.91. The van der Waals surface area contributed by atoms with Crippen molar-refractivity contribution >= 4 is 34.4 Å². The van der Waals surface area contributed by atoms with E-state index in [0.717, 1.165) is 33.7 Å². The quantitative estimate of drug-likeness (QED) is 0.360. The van der Waals surface area contributed by atoms with Gasteiger partial charge in [-0.1, -0.05) is 30.0 Å². The standard InChI is InChI=1S/C18H13F3N4S3/c1-25-15(14-6-3-7-26-14)23-24-17(25)28-10-13-9-27-16(22-13)11-4-2-5-12(8-11)18(19,20)21/h2-9H,10H2,1H3. The van der Waals surface area contributed by atoms with Crippen molar-refractivity contribution in [2.45, 2.75) is 17.1 Å². The van der Waals surface area contributed by atoms with Gasteiger partial charge in [0.25, 0.3) is 0 Å². The van der Waals surface area contributed by atoms with E-state index in [2.05, 4.69) is 15.2 Å². The molecule has 1 aromatic carbocycles. The average Bonchev–Trinajstić information content (AvgIpc) is 3.41. The number of thiophene rings is 1. The number of benzene rings is 1. The molecular formula is C18H13F3N4S3. The summed E-state index contributed by atoms with van der Waals surface area (Å²) in [5, 5.41) is 13.6. The number of rotatable bonds is 5. The maximum absolute atomic E-state index is 12.9. The van der Waals surface area contributed by atoms with E-state index >= 15 is 0 Å². The van der Waals surface area contributed by atoms with Crippen LogP contribution in [0.4, 0.5) is 13.2 Å². The van der Waals surface area contributed by atoms with Crippen LogP contribution in [-0.4, -0.2) is 19.7 Å². The topological polar surface area (TPSA) is 43.6 Å². The van der Waals surface area contributed by atoms with Gasteiger partial charge in [-0.15, -0.1) is 32.9 Å². The molecule has 0 radical (unpaired) electrons. The molecular weight excluding hydrogens is 425 g/mol. The highest BCUT2D eigenvalue weighted by Crippen LogP contribution is 2.34. The van der Waals surface area contributed by atoms with Crippen LogP contribution in [0, 0.1) is 0 Å². The Bertz CT molecular complexity index is 1080. The van der Waals surface area contributed by atoms with Crippen molar-refractivity contribution in [3.8, 4) is 21.3 Å². The Kier molecular flexibility index (Phi) is 5.26. The molecule has 0 bridgehead atoms. The highest BCUT2D eigenvalue weighted by atomic mass is 32.2. The van der Waals surface area contributed by atoms with Crippen LogP contribution in [0.3, 0.4) is 0 Å². The second-order valence-electron chi connectivity index (χ2n) is 5.85. The fourth-order valence-corrected chi connectivity index (χ4v) is 5.00. The summed E-state index contributed by atoms with van der Waals surface area (Å²) in [6.45, 7) is 0. The van der Waals surface area contributed by atoms with Gasteiger partial charge in [0.05, 0.1) is 16.1 Å². The number of alkyl halides is 3. The predicted molar refractivity (Wildman–Crippen MR) is 106 cm³/mol. The maximum atomic E-state index is 12.9. The summed E-state index contributed by atoms with van der Waals surface area (Å²) in [4.78, 5) is 5.52. The van der Waals surface area contributed by atoms with Crippen molar-refractivity contribution in [2.24, 2.45) is 7.05 Å². The smallest absolute Gasteiger partial charge is 0.304 e. The molecule has 0 atom stereocenters. The second kappa shape index (κ2) is 7.69. The number of nitrogens with zero attached hydrogens (tertiary/aromatic N) is 4. The van der Waals surface area contributed by atoms with E-state index in [1.54, 1.807) is 17.4 Å². The van der Waals surface area contributed by atoms with Gasteiger partial charge in [-0.05, 0) is 23.6 Å². The van der Waals surface area contributed by atoms with Gasteiger partial charge in [0, 0.05) is 23.7 Å². The summed E-state index contributed by atoms with van der Waals surface area (Å²) in [5.74, 6) is 1.37. The molecule has 0 aliphatic carbocycles. The van der Waals surface area contributed by atoms with Gasteiger partial charge in [-0.2, -0.15) is 13.2 Å². The van der Waals surface area contributed by atoms with Crippen molar-refractivity contribution in [3.05, 3.63) is 58.4 Å². The highest BCUT2D eigenvalue weighted by Gasteiger charge is 2.30. The van der Waals surface area contributed by atoms with Gasteiger partial charge in [-0.3, -0.25) is 0 Å². The monoisotopic (exact) mass is 438 g/mol. The molecule has 0 saturated carbocycles. The third-order valence-corrected chi connectivity index (χ3v) is 6.77. The van der Waals surface area contributed by atoms with Crippen molar-refractivity contribution < 1.29 is 13.2 Å². The van der Waals surface area contributed by atoms with Gasteiger partial charge in [0.1, 0.15) is 5.01 Å². The lowest BCUT2D eigenvalue weighted by molar-refractivity contribution is -0.137. The van der Waals surface area contributed by atoms with E-state index < -0.39 is 11.7 Å². The van der Waals surface area contributed by atoms with Gasteiger partial charge in [-0.25, -0.2) is 4.98 Å². The third-order valence-electron chi connectivity index (χ3n) is 3.91. The van der Waals surface area contributed by atoms with Crippen LogP contribution in [0.1, 0.15) is 11.3 Å². The van der Waals surface area contributed by atoms with E-state index in [0.29, 0.717) is 16.3 Å². The number of hydrogen-bond donors (Lipinski definition) is 0. The first-order chi connectivity index (χ1) is 13.4. The van der Waals surface area contributed by atoms with E-state index in [-0.39, 0.29) is 0 Å². The Labute approximate surface area is 171 Å². The first-order valence-electron chi connectivity index (χ1n) is 8.10. The van der Waals surface area contributed by atoms with Crippen molar-refractivity contribution in [1.29, 1.82) is 0 Å². The summed E-state index contributed by atoms with van der Waals surface area (Å²) >= 11 is 4.42. The maximum Gasteiger partial charge on any atom is 0.416 e. The number of thiazole rings is 1. The molecule has 0 fully saturated rings. The lowest BCUT2D eigenvalue weighted by Gasteiger charge is -2.07. The van der Waals surface area contributed by atoms with Crippen LogP contribution in [-0.2, 0) is 19.0 Å². The molecule has 0 amide bonds. The summed E-state index contributed by atoms with van der Waals surface area (Å²) in [6.07, 6.45) is -4.36. The first kappa shape index (κ1) is 19.2. The van der Waals surface area contributed by atoms with Crippen molar-refractivity contribution in [1.82, 2.24) is 19.7 Å². The second-order valence-corrected chi connectivity index (χ2v) is 8.60. The Morgan fingerprint density at radius 3 is 2.71 bits per heavy atom. The molecule has 3 aromatic heterocycles. The van der Waals surface area contributed by atoms with E-state index in [1.807, 2.05) is 34.5 Å². The molecule has 0 aliphatic heterocycles. The zero-order chi connectivity index (χ0) is 19.7. The van der Waals surface area contributed by atoms with Gasteiger partial charge in [0.15, 0.2) is 11.0 Å². The molecule has 0 spiro atoms. The predicted octanol–water partition coefficient (Wildman–Crippen LogP) is 5.98. The van der Waals surface area contributed by atoms with Crippen molar-refractivity contribution in [3.63, 3.8) is 0 Å². The zero-order valence-corrected chi connectivity index (χ0v) is 16.9. The largest absolute Gasteiger partial charge is 0.416 e. The normalized spacial score (nSPS) is 11.9. The number of halogens is 3. The fourth-order valence-electron chi connectivity index (χ4n) is 2.53. The van der Waals surface area contributed by atoms with Crippen LogP contribution >= 0.6 is 34.4 Å². The minimum Gasteiger partial charge on any atom is -0.304 e. The Balaban J connectivity index is 1.48. The molecule has 28 heavy (non-hydrogen) atoms. The Hall–Kier alpha value is -2.17. The SMILES string of the molecule is Cn1c(SCc2csc(-c3cccc(C(F)(F)F)c3)n2)nnc1-c1cccs1. The molecule has 4 aromatic rings. The van der Waals surface area contributed by atoms with Gasteiger partial charge < -0.3 is 4.57 Å². The molecule has 144 valence electrons. The fraction of sp³-hybridized carbons (Fsp3) is 0.167. The summed E-state index contributed by atoms with van der Waals surface area (Å²) < 4.78 is 40.6. The molecule has 4 nitrogen and oxygen atoms in total. The average molecular weight is 439 g/mol. The zero-order valence-electron chi connectivity index (χ0n) is 14.5. The van der Waals surface area contributed by atoms with E-state index in [9.17, 15) is 13.2 Å². The molecule has 0 N–H and O–H groups in total. The van der Waals surface area contributed by atoms with Crippen LogP contribution in [0.15, 0.2) is 52.3 Å². The molecule has 10 heteroatoms. The number of thioether (sulfide) groups is 1. The summed E-state index contributed by atoms with van der Waals surface area (Å²) in [5.41, 5.74) is 0.592. The minimum absolute atomic E-state index is 0.467. The Morgan fingerprint density at radius 2 is 1.96 bits per heavy atom. The Morgan fingerprint density at radius 1 is 1.11 bits per heavy atom. The van der Waals surface area contributed by atoms with Crippen LogP contribution in [0.2, 0.25) is 0 Å². The number of aromatic nitrogens is 4. The summed E-state index contributed by atoms with van der Waals surface area (Å²) in [6, 6.07) is 9.19. The van der Waals surface area contributed by atoms with Crippen LogP contribution < -0.4 is 0 Å². The lowest BCUT2D eigenvalue weighted by Crippen LogP contribution is -2.04. The molecule has 0 aliphatic rings. The highest BCUT2D eigenvalue weighted by molar-refractivity contribution is 7.98. The molecule has 0 saturated heterocycles. The van der Waals surface area contributed by atoms with E-state index in [1.165, 1.54) is 29.2 Å². The van der Waals surface area contributed by atoms with E-state index in [4.69, 9.17) is 0 Å². The third kappa shape index (κ3) is 3.98.